The summed E-state index contributed by atoms with van der Waals surface area (Å²) < 4.78 is 9.94. The number of ketones is 2. The molecular formula is C20H21N3O6. The van der Waals surface area contributed by atoms with Crippen LogP contribution >= 0.6 is 0 Å². The second-order valence-electron chi connectivity index (χ2n) is 6.69. The number of nitrogens with one attached hydrogen (secondary N) is 2. The number of benzene rings is 1. The smallest absolute Gasteiger partial charge is 0.408 e. The first-order chi connectivity index (χ1) is 14.0. The maximum Gasteiger partial charge on any atom is 0.408 e. The van der Waals surface area contributed by atoms with Gasteiger partial charge in [0.1, 0.15) is 24.6 Å². The van der Waals surface area contributed by atoms with Crippen molar-refractivity contribution in [1.29, 1.82) is 0 Å². The van der Waals surface area contributed by atoms with Gasteiger partial charge < -0.3 is 19.9 Å². The molecule has 1 aromatic carbocycles. The van der Waals surface area contributed by atoms with E-state index in [0.29, 0.717) is 19.4 Å². The monoisotopic (exact) mass is 399 g/mol. The molecule has 1 aliphatic heterocycles. The van der Waals surface area contributed by atoms with E-state index in [2.05, 4.69) is 15.8 Å². The quantitative estimate of drug-likeness (QED) is 0.678. The first-order valence-electron chi connectivity index (χ1n) is 9.27. The zero-order valence-corrected chi connectivity index (χ0v) is 15.6. The predicted octanol–water partition coefficient (Wildman–Crippen LogP) is 1.70. The third kappa shape index (κ3) is 5.50. The maximum absolute atomic E-state index is 12.8. The molecule has 2 amide bonds. The van der Waals surface area contributed by atoms with E-state index in [4.69, 9.17) is 9.26 Å². The molecule has 3 rings (SSSR count). The molecule has 2 heterocycles. The molecule has 0 spiro atoms. The third-order valence-electron chi connectivity index (χ3n) is 4.61. The molecule has 2 aromatic rings. The van der Waals surface area contributed by atoms with E-state index in [1.54, 1.807) is 12.1 Å². The standard InChI is InChI=1S/C20H21N3O6/c24-16(11-14-7-4-9-21-19(26)18(14)25)17(15-8-10-29-23-15)22-20(27)28-12-13-5-2-1-3-6-13/h1-3,5-6,8,10,14,17H,4,7,9,11-12H2,(H,21,26)(H,22,27). The van der Waals surface area contributed by atoms with Gasteiger partial charge in [0.15, 0.2) is 5.78 Å². The molecule has 0 saturated carbocycles. The predicted molar refractivity (Wildman–Crippen MR) is 99.4 cm³/mol. The van der Waals surface area contributed by atoms with Gasteiger partial charge in [0.05, 0.1) is 0 Å². The maximum atomic E-state index is 12.8. The molecule has 0 radical (unpaired) electrons. The molecule has 1 aliphatic rings. The Hall–Kier alpha value is -3.49. The Morgan fingerprint density at radius 2 is 2.03 bits per heavy atom. The van der Waals surface area contributed by atoms with Crippen LogP contribution in [0.3, 0.4) is 0 Å². The first kappa shape index (κ1) is 20.2. The molecule has 2 unspecified atom stereocenters. The molecule has 1 saturated heterocycles. The van der Waals surface area contributed by atoms with Crippen LogP contribution in [0.5, 0.6) is 0 Å². The number of ether oxygens (including phenoxy) is 1. The van der Waals surface area contributed by atoms with Crippen molar-refractivity contribution in [3.05, 3.63) is 53.9 Å². The number of hydrogen-bond acceptors (Lipinski definition) is 7. The van der Waals surface area contributed by atoms with Gasteiger partial charge in [-0.25, -0.2) is 4.79 Å². The van der Waals surface area contributed by atoms with Crippen molar-refractivity contribution >= 4 is 23.6 Å². The highest BCUT2D eigenvalue weighted by atomic mass is 16.5. The van der Waals surface area contributed by atoms with Gasteiger partial charge in [-0.1, -0.05) is 35.5 Å². The lowest BCUT2D eigenvalue weighted by molar-refractivity contribution is -0.140. The molecule has 1 aromatic heterocycles. The summed E-state index contributed by atoms with van der Waals surface area (Å²) in [6.07, 6.45) is 1.28. The Bertz CT molecular complexity index is 866. The van der Waals surface area contributed by atoms with Gasteiger partial charge in [-0.3, -0.25) is 14.4 Å². The largest absolute Gasteiger partial charge is 0.445 e. The van der Waals surface area contributed by atoms with Crippen molar-refractivity contribution in [1.82, 2.24) is 15.8 Å². The van der Waals surface area contributed by atoms with Gasteiger partial charge in [0, 0.05) is 24.9 Å². The Morgan fingerprint density at radius 3 is 2.76 bits per heavy atom. The van der Waals surface area contributed by atoms with E-state index in [1.807, 2.05) is 18.2 Å². The molecule has 2 N–H and O–H groups in total. The summed E-state index contributed by atoms with van der Waals surface area (Å²) in [5.74, 6) is -2.50. The van der Waals surface area contributed by atoms with E-state index in [1.165, 1.54) is 12.3 Å². The molecule has 0 bridgehead atoms. The van der Waals surface area contributed by atoms with Crippen LogP contribution in [0, 0.1) is 5.92 Å². The Balaban J connectivity index is 1.65. The zero-order chi connectivity index (χ0) is 20.6. The normalized spacial score (nSPS) is 17.7. The summed E-state index contributed by atoms with van der Waals surface area (Å²) in [6, 6.07) is 9.39. The molecule has 0 aliphatic carbocycles. The Kier molecular flexibility index (Phi) is 6.72. The van der Waals surface area contributed by atoms with Crippen LogP contribution in [0.2, 0.25) is 0 Å². The number of nitrogens with zero attached hydrogens (tertiary/aromatic N) is 1. The molecule has 9 nitrogen and oxygen atoms in total. The lowest BCUT2D eigenvalue weighted by atomic mass is 9.90. The highest BCUT2D eigenvalue weighted by Gasteiger charge is 2.33. The lowest BCUT2D eigenvalue weighted by Gasteiger charge is -2.18. The molecular weight excluding hydrogens is 378 g/mol. The highest BCUT2D eigenvalue weighted by molar-refractivity contribution is 6.37. The minimum Gasteiger partial charge on any atom is -0.445 e. The van der Waals surface area contributed by atoms with Crippen LogP contribution in [0.25, 0.3) is 0 Å². The van der Waals surface area contributed by atoms with E-state index in [9.17, 15) is 19.2 Å². The fourth-order valence-corrected chi connectivity index (χ4v) is 3.08. The SMILES string of the molecule is O=C(NC(C(=O)CC1CCCNC(=O)C1=O)c1ccon1)OCc1ccccc1. The summed E-state index contributed by atoms with van der Waals surface area (Å²) in [5, 5.41) is 8.70. The second kappa shape index (κ2) is 9.63. The first-order valence-corrected chi connectivity index (χ1v) is 9.27. The summed E-state index contributed by atoms with van der Waals surface area (Å²) in [7, 11) is 0. The van der Waals surface area contributed by atoms with Gasteiger partial charge in [0.25, 0.3) is 5.91 Å². The van der Waals surface area contributed by atoms with Crippen molar-refractivity contribution in [3.8, 4) is 0 Å². The van der Waals surface area contributed by atoms with E-state index in [0.717, 1.165) is 5.56 Å². The minimum absolute atomic E-state index is 0.0354. The number of amides is 2. The number of hydrogen-bond donors (Lipinski definition) is 2. The van der Waals surface area contributed by atoms with Crippen molar-refractivity contribution in [2.45, 2.75) is 31.9 Å². The van der Waals surface area contributed by atoms with Crippen LogP contribution in [-0.2, 0) is 25.7 Å². The molecule has 9 heteroatoms. The van der Waals surface area contributed by atoms with E-state index < -0.39 is 35.5 Å². The number of Topliss-reactive ketones (excluding diaryl/α,β-unsaturated/α-hetero) is 2. The van der Waals surface area contributed by atoms with Gasteiger partial charge in [-0.05, 0) is 18.4 Å². The number of aromatic nitrogens is 1. The van der Waals surface area contributed by atoms with Crippen LogP contribution in [0.15, 0.2) is 47.2 Å². The van der Waals surface area contributed by atoms with Crippen molar-refractivity contribution in [2.24, 2.45) is 5.92 Å². The topological polar surface area (TPSA) is 128 Å². The van der Waals surface area contributed by atoms with Crippen molar-refractivity contribution in [2.75, 3.05) is 6.54 Å². The van der Waals surface area contributed by atoms with Gasteiger partial charge in [-0.15, -0.1) is 0 Å². The van der Waals surface area contributed by atoms with Gasteiger partial charge >= 0.3 is 6.09 Å². The number of carbonyl (C=O) groups excluding carboxylic acids is 4. The average Bonchev–Trinajstić information content (AvgIpc) is 3.22. The number of carbonyl (C=O) groups is 4. The summed E-state index contributed by atoms with van der Waals surface area (Å²) in [5.41, 5.74) is 0.985. The minimum atomic E-state index is -1.14. The molecule has 29 heavy (non-hydrogen) atoms. The molecule has 1 fully saturated rings. The van der Waals surface area contributed by atoms with Crippen LogP contribution in [0.4, 0.5) is 4.79 Å². The van der Waals surface area contributed by atoms with Crippen molar-refractivity contribution in [3.63, 3.8) is 0 Å². The highest BCUT2D eigenvalue weighted by Crippen LogP contribution is 2.22. The summed E-state index contributed by atoms with van der Waals surface area (Å²) in [4.78, 5) is 48.9. The van der Waals surface area contributed by atoms with Gasteiger partial charge in [-0.2, -0.15) is 0 Å². The van der Waals surface area contributed by atoms with Crippen LogP contribution < -0.4 is 10.6 Å². The zero-order valence-electron chi connectivity index (χ0n) is 15.6. The van der Waals surface area contributed by atoms with Crippen LogP contribution in [0.1, 0.15) is 36.6 Å². The van der Waals surface area contributed by atoms with Crippen LogP contribution in [-0.4, -0.2) is 35.3 Å². The summed E-state index contributed by atoms with van der Waals surface area (Å²) >= 11 is 0. The second-order valence-corrected chi connectivity index (χ2v) is 6.69. The Labute approximate surface area is 166 Å². The summed E-state index contributed by atoms with van der Waals surface area (Å²) in [6.45, 7) is 0.430. The number of rotatable bonds is 7. The fourth-order valence-electron chi connectivity index (χ4n) is 3.08. The molecule has 2 atom stereocenters. The number of alkyl carbamates (subject to hydrolysis) is 1. The van der Waals surface area contributed by atoms with E-state index >= 15 is 0 Å². The fraction of sp³-hybridized carbons (Fsp3) is 0.350. The van der Waals surface area contributed by atoms with E-state index in [-0.39, 0.29) is 18.7 Å². The average molecular weight is 399 g/mol. The Morgan fingerprint density at radius 1 is 1.24 bits per heavy atom. The van der Waals surface area contributed by atoms with Gasteiger partial charge in [0.2, 0.25) is 5.78 Å². The molecule has 152 valence electrons. The third-order valence-corrected chi connectivity index (χ3v) is 4.61. The van der Waals surface area contributed by atoms with Crippen molar-refractivity contribution < 1.29 is 28.4 Å². The lowest BCUT2D eigenvalue weighted by Crippen LogP contribution is -2.37.